The summed E-state index contributed by atoms with van der Waals surface area (Å²) in [5, 5.41) is 0. The van der Waals surface area contributed by atoms with Crippen molar-refractivity contribution in [3.63, 3.8) is 0 Å². The molecule has 0 aliphatic carbocycles. The second-order valence-electron chi connectivity index (χ2n) is 6.30. The smallest absolute Gasteiger partial charge is 0.269 e. The number of carbonyl (C=O) groups excluding carboxylic acids is 1. The van der Waals surface area contributed by atoms with Crippen LogP contribution < -0.4 is 26.2 Å². The third-order valence-electron chi connectivity index (χ3n) is 4.65. The number of hydrazine groups is 1. The third kappa shape index (κ3) is 3.27. The molecule has 2 heterocycles. The second-order valence-corrected chi connectivity index (χ2v) is 6.30. The number of amides is 1. The van der Waals surface area contributed by atoms with E-state index >= 15 is 0 Å². The van der Waals surface area contributed by atoms with Crippen LogP contribution in [0.25, 0.3) is 0 Å². The van der Waals surface area contributed by atoms with Crippen molar-refractivity contribution in [2.45, 2.75) is 6.42 Å². The summed E-state index contributed by atoms with van der Waals surface area (Å²) in [6.07, 6.45) is 2.35. The molecule has 1 aliphatic heterocycles. The number of rotatable bonds is 5. The lowest BCUT2D eigenvalue weighted by atomic mass is 10.2. The Labute approximate surface area is 162 Å². The molecule has 4 N–H and O–H groups in total. The van der Waals surface area contributed by atoms with Crippen LogP contribution in [-0.4, -0.2) is 29.5 Å². The lowest BCUT2D eigenvalue weighted by Gasteiger charge is -2.21. The normalized spacial score (nSPS) is 12.4. The maximum absolute atomic E-state index is 12.3. The van der Waals surface area contributed by atoms with Crippen LogP contribution in [0.5, 0.6) is 5.75 Å². The van der Waals surface area contributed by atoms with Gasteiger partial charge in [-0.05, 0) is 42.3 Å². The Bertz CT molecular complexity index is 1010. The SMILES string of the molecule is COc1ccc(C(=O)NNc2ncnc(N3CCc4ccccc43)c2N)cc1. The highest BCUT2D eigenvalue weighted by Gasteiger charge is 2.24. The van der Waals surface area contributed by atoms with E-state index in [1.165, 1.54) is 11.9 Å². The maximum atomic E-state index is 12.3. The van der Waals surface area contributed by atoms with Crippen molar-refractivity contribution in [3.05, 3.63) is 66.0 Å². The number of benzene rings is 2. The van der Waals surface area contributed by atoms with Crippen molar-refractivity contribution in [3.8, 4) is 5.75 Å². The van der Waals surface area contributed by atoms with Gasteiger partial charge in [-0.2, -0.15) is 0 Å². The van der Waals surface area contributed by atoms with Crippen LogP contribution in [0.1, 0.15) is 15.9 Å². The molecule has 142 valence electrons. The zero-order valence-corrected chi connectivity index (χ0v) is 15.3. The molecule has 1 aliphatic rings. The number of anilines is 4. The van der Waals surface area contributed by atoms with E-state index in [1.54, 1.807) is 31.4 Å². The third-order valence-corrected chi connectivity index (χ3v) is 4.65. The Morgan fingerprint density at radius 2 is 1.93 bits per heavy atom. The van der Waals surface area contributed by atoms with Gasteiger partial charge in [-0.3, -0.25) is 15.6 Å². The average molecular weight is 376 g/mol. The van der Waals surface area contributed by atoms with Crippen LogP contribution in [0.3, 0.4) is 0 Å². The molecule has 2 aromatic carbocycles. The molecule has 0 spiro atoms. The molecule has 4 rings (SSSR count). The van der Waals surface area contributed by atoms with Crippen molar-refractivity contribution >= 4 is 28.9 Å². The van der Waals surface area contributed by atoms with Gasteiger partial charge in [0.05, 0.1) is 7.11 Å². The van der Waals surface area contributed by atoms with Gasteiger partial charge in [0, 0.05) is 17.8 Å². The van der Waals surface area contributed by atoms with Crippen LogP contribution in [0.2, 0.25) is 0 Å². The molecule has 8 heteroatoms. The number of para-hydroxylation sites is 1. The topological polar surface area (TPSA) is 105 Å². The maximum Gasteiger partial charge on any atom is 0.269 e. The molecule has 0 atom stereocenters. The van der Waals surface area contributed by atoms with Gasteiger partial charge >= 0.3 is 0 Å². The van der Waals surface area contributed by atoms with E-state index in [-0.39, 0.29) is 5.91 Å². The quantitative estimate of drug-likeness (QED) is 0.588. The molecule has 0 unspecified atom stereocenters. The monoisotopic (exact) mass is 376 g/mol. The van der Waals surface area contributed by atoms with E-state index in [2.05, 4.69) is 31.8 Å². The fourth-order valence-corrected chi connectivity index (χ4v) is 3.19. The lowest BCUT2D eigenvalue weighted by molar-refractivity contribution is 0.0962. The molecule has 0 fully saturated rings. The van der Waals surface area contributed by atoms with Gasteiger partial charge in [0.25, 0.3) is 5.91 Å². The molecule has 1 aromatic heterocycles. The Morgan fingerprint density at radius 1 is 1.14 bits per heavy atom. The first-order chi connectivity index (χ1) is 13.7. The molecule has 3 aromatic rings. The summed E-state index contributed by atoms with van der Waals surface area (Å²) in [5.41, 5.74) is 14.9. The molecule has 0 radical (unpaired) electrons. The van der Waals surface area contributed by atoms with E-state index in [0.29, 0.717) is 28.6 Å². The number of methoxy groups -OCH3 is 1. The number of ether oxygens (including phenoxy) is 1. The van der Waals surface area contributed by atoms with Crippen LogP contribution in [0, 0.1) is 0 Å². The number of nitrogen functional groups attached to an aromatic ring is 1. The number of hydrogen-bond donors (Lipinski definition) is 3. The summed E-state index contributed by atoms with van der Waals surface area (Å²) in [7, 11) is 1.57. The summed E-state index contributed by atoms with van der Waals surface area (Å²) in [5.74, 6) is 1.33. The second kappa shape index (κ2) is 7.43. The van der Waals surface area contributed by atoms with Crippen LogP contribution in [-0.2, 0) is 6.42 Å². The number of hydrogen-bond acceptors (Lipinski definition) is 7. The Balaban J connectivity index is 1.50. The highest BCUT2D eigenvalue weighted by molar-refractivity contribution is 5.95. The number of nitrogens with one attached hydrogen (secondary N) is 2. The van der Waals surface area contributed by atoms with Crippen molar-refractivity contribution in [2.24, 2.45) is 0 Å². The zero-order chi connectivity index (χ0) is 19.5. The average Bonchev–Trinajstić information content (AvgIpc) is 3.17. The minimum atomic E-state index is -0.311. The van der Waals surface area contributed by atoms with Gasteiger partial charge in [-0.25, -0.2) is 9.97 Å². The van der Waals surface area contributed by atoms with Crippen LogP contribution >= 0.6 is 0 Å². The lowest BCUT2D eigenvalue weighted by Crippen LogP contribution is -2.30. The van der Waals surface area contributed by atoms with Gasteiger partial charge < -0.3 is 15.4 Å². The molecule has 0 saturated heterocycles. The number of nitrogens with zero attached hydrogens (tertiary/aromatic N) is 3. The highest BCUT2D eigenvalue weighted by Crippen LogP contribution is 2.37. The van der Waals surface area contributed by atoms with E-state index in [1.807, 2.05) is 18.2 Å². The number of nitrogens with two attached hydrogens (primary N) is 1. The minimum Gasteiger partial charge on any atom is -0.497 e. The first-order valence-electron chi connectivity index (χ1n) is 8.83. The van der Waals surface area contributed by atoms with Gasteiger partial charge in [0.1, 0.15) is 17.8 Å². The van der Waals surface area contributed by atoms with E-state index in [9.17, 15) is 4.79 Å². The summed E-state index contributed by atoms with van der Waals surface area (Å²) in [6, 6.07) is 14.9. The number of carbonyl (C=O) groups is 1. The predicted molar refractivity (Wildman–Crippen MR) is 108 cm³/mol. The fourth-order valence-electron chi connectivity index (χ4n) is 3.19. The first-order valence-corrected chi connectivity index (χ1v) is 8.83. The predicted octanol–water partition coefficient (Wildman–Crippen LogP) is 2.52. The van der Waals surface area contributed by atoms with E-state index in [0.717, 1.165) is 18.7 Å². The molecular formula is C20H20N6O2. The molecule has 0 bridgehead atoms. The van der Waals surface area contributed by atoms with Gasteiger partial charge in [0.15, 0.2) is 11.6 Å². The minimum absolute atomic E-state index is 0.311. The van der Waals surface area contributed by atoms with Crippen molar-refractivity contribution in [1.29, 1.82) is 0 Å². The van der Waals surface area contributed by atoms with E-state index in [4.69, 9.17) is 10.5 Å². The molecule has 8 nitrogen and oxygen atoms in total. The Kier molecular flexibility index (Phi) is 4.67. The molecule has 0 saturated carbocycles. The van der Waals surface area contributed by atoms with Crippen molar-refractivity contribution in [1.82, 2.24) is 15.4 Å². The van der Waals surface area contributed by atoms with Gasteiger partial charge in [-0.1, -0.05) is 18.2 Å². The summed E-state index contributed by atoms with van der Waals surface area (Å²) < 4.78 is 5.10. The van der Waals surface area contributed by atoms with Crippen LogP contribution in [0.15, 0.2) is 54.9 Å². The van der Waals surface area contributed by atoms with E-state index < -0.39 is 0 Å². The summed E-state index contributed by atoms with van der Waals surface area (Å²) in [4.78, 5) is 22.9. The summed E-state index contributed by atoms with van der Waals surface area (Å²) >= 11 is 0. The zero-order valence-electron chi connectivity index (χ0n) is 15.3. The van der Waals surface area contributed by atoms with Gasteiger partial charge in [0.2, 0.25) is 0 Å². The Hall–Kier alpha value is -3.81. The van der Waals surface area contributed by atoms with Crippen LogP contribution in [0.4, 0.5) is 23.0 Å². The highest BCUT2D eigenvalue weighted by atomic mass is 16.5. The van der Waals surface area contributed by atoms with Crippen molar-refractivity contribution < 1.29 is 9.53 Å². The molecular weight excluding hydrogens is 356 g/mol. The Morgan fingerprint density at radius 3 is 2.71 bits per heavy atom. The molecule has 28 heavy (non-hydrogen) atoms. The molecule has 1 amide bonds. The number of fused-ring (bicyclic) bond motifs is 1. The fraction of sp³-hybridized carbons (Fsp3) is 0.150. The first kappa shape index (κ1) is 17.6. The summed E-state index contributed by atoms with van der Waals surface area (Å²) in [6.45, 7) is 0.790. The van der Waals surface area contributed by atoms with Gasteiger partial charge in [-0.15, -0.1) is 0 Å². The van der Waals surface area contributed by atoms with Crippen molar-refractivity contribution in [2.75, 3.05) is 29.7 Å². The standard InChI is InChI=1S/C20H20N6O2/c1-28-15-8-6-14(7-9-15)20(27)25-24-18-17(21)19(23-12-22-18)26-11-10-13-4-2-3-5-16(13)26/h2-9,12H,10-11,21H2,1H3,(H,25,27)(H,22,23,24). The number of aromatic nitrogens is 2. The largest absolute Gasteiger partial charge is 0.497 e.